The second kappa shape index (κ2) is 8.00. The van der Waals surface area contributed by atoms with Gasteiger partial charge in [0.05, 0.1) is 5.69 Å². The smallest absolute Gasteiger partial charge is 0.477 e. The monoisotopic (exact) mass is 418 g/mol. The average Bonchev–Trinajstić information content (AvgIpc) is 2.61. The van der Waals surface area contributed by atoms with Crippen molar-refractivity contribution in [1.29, 1.82) is 0 Å². The van der Waals surface area contributed by atoms with Crippen molar-refractivity contribution in [2.45, 2.75) is 44.4 Å². The summed E-state index contributed by atoms with van der Waals surface area (Å²) in [6.07, 6.45) is 5.39. The molecule has 0 aliphatic rings. The fourth-order valence-corrected chi connectivity index (χ4v) is 4.16. The number of rotatable bonds is 6. The predicted octanol–water partition coefficient (Wildman–Crippen LogP) is 3.72. The van der Waals surface area contributed by atoms with Crippen molar-refractivity contribution in [3.63, 3.8) is 0 Å². The van der Waals surface area contributed by atoms with Gasteiger partial charge in [0.15, 0.2) is 5.60 Å². The Kier molecular flexibility index (Phi) is 6.24. The molecule has 3 atom stereocenters. The SMILES string of the molecule is C#CC(C(=O)O)([P+](=O)O)C(C)(O)c1c(-c2ccc(F)cc2)cc(C)nc1C(C)C. The predicted molar refractivity (Wildman–Crippen MR) is 107 cm³/mol. The van der Waals surface area contributed by atoms with Crippen molar-refractivity contribution in [3.8, 4) is 23.5 Å². The highest BCUT2D eigenvalue weighted by Gasteiger charge is 2.70. The van der Waals surface area contributed by atoms with Crippen LogP contribution in [0.1, 0.15) is 43.6 Å². The molecule has 2 rings (SSSR count). The van der Waals surface area contributed by atoms with E-state index in [2.05, 4.69) is 4.98 Å². The maximum absolute atomic E-state index is 13.4. The number of hydrogen-bond acceptors (Lipinski definition) is 4. The number of halogens is 1. The largest absolute Gasteiger partial charge is 0.541 e. The van der Waals surface area contributed by atoms with Crippen LogP contribution in [-0.4, -0.2) is 31.2 Å². The van der Waals surface area contributed by atoms with Crippen LogP contribution in [0.4, 0.5) is 4.39 Å². The summed E-state index contributed by atoms with van der Waals surface area (Å²) in [5.41, 5.74) is -0.737. The van der Waals surface area contributed by atoms with Gasteiger partial charge in [-0.05, 0) is 59.6 Å². The molecule has 152 valence electrons. The standard InChI is InChI=1S/C21H21FNO5P/c1-6-21(19(24)25,29(27)28)20(5,26)17-16(14-7-9-15(22)10-8-14)11-13(4)23-18(17)12(2)3/h1,7-12,26H,2-5H3,(H-,24,25,27,28)/p+1. The van der Waals surface area contributed by atoms with E-state index in [4.69, 9.17) is 6.42 Å². The number of carboxylic acids is 1. The molecule has 0 radical (unpaired) electrons. The van der Waals surface area contributed by atoms with Gasteiger partial charge in [0.25, 0.3) is 0 Å². The van der Waals surface area contributed by atoms with E-state index < -0.39 is 30.6 Å². The Morgan fingerprint density at radius 3 is 2.28 bits per heavy atom. The lowest BCUT2D eigenvalue weighted by molar-refractivity contribution is -0.145. The molecular formula is C21H22FNO5P+. The Balaban J connectivity index is 3.03. The first kappa shape index (κ1) is 22.6. The van der Waals surface area contributed by atoms with Crippen molar-refractivity contribution in [2.75, 3.05) is 0 Å². The molecule has 0 saturated carbocycles. The molecular weight excluding hydrogens is 396 g/mol. The molecule has 6 nitrogen and oxygen atoms in total. The normalized spacial score (nSPS) is 15.9. The molecule has 0 bridgehead atoms. The number of terminal acetylenes is 1. The Labute approximate surface area is 169 Å². The zero-order valence-electron chi connectivity index (χ0n) is 16.5. The number of aliphatic hydroxyl groups is 1. The third-order valence-corrected chi connectivity index (χ3v) is 6.20. The minimum atomic E-state index is -3.55. The summed E-state index contributed by atoms with van der Waals surface area (Å²) >= 11 is 0. The summed E-state index contributed by atoms with van der Waals surface area (Å²) in [4.78, 5) is 26.3. The molecule has 2 aromatic rings. The number of carbonyl (C=O) groups is 1. The lowest BCUT2D eigenvalue weighted by atomic mass is 9.76. The highest BCUT2D eigenvalue weighted by Crippen LogP contribution is 2.52. The van der Waals surface area contributed by atoms with Gasteiger partial charge in [-0.1, -0.05) is 26.0 Å². The minimum absolute atomic E-state index is 0.0162. The van der Waals surface area contributed by atoms with E-state index in [9.17, 15) is 28.9 Å². The first-order valence-corrected chi connectivity index (χ1v) is 9.99. The van der Waals surface area contributed by atoms with Crippen LogP contribution in [0.15, 0.2) is 30.3 Å². The number of aliphatic carboxylic acids is 1. The second-order valence-corrected chi connectivity index (χ2v) is 8.45. The number of carboxylic acid groups (broad SMARTS) is 1. The van der Waals surface area contributed by atoms with E-state index in [-0.39, 0.29) is 11.5 Å². The number of hydrogen-bond donors (Lipinski definition) is 3. The van der Waals surface area contributed by atoms with Crippen LogP contribution in [0.2, 0.25) is 0 Å². The van der Waals surface area contributed by atoms with Crippen molar-refractivity contribution < 1.29 is 28.9 Å². The topological polar surface area (TPSA) is 108 Å². The summed E-state index contributed by atoms with van der Waals surface area (Å²) in [6.45, 7) is 6.38. The molecule has 0 spiro atoms. The Morgan fingerprint density at radius 1 is 1.31 bits per heavy atom. The van der Waals surface area contributed by atoms with Crippen LogP contribution in [0.25, 0.3) is 11.1 Å². The molecule has 29 heavy (non-hydrogen) atoms. The molecule has 1 aromatic carbocycles. The summed E-state index contributed by atoms with van der Waals surface area (Å²) in [5.74, 6) is -0.715. The van der Waals surface area contributed by atoms with Gasteiger partial charge >= 0.3 is 19.2 Å². The zero-order chi connectivity index (χ0) is 22.1. The van der Waals surface area contributed by atoms with Gasteiger partial charge in [0.2, 0.25) is 0 Å². The van der Waals surface area contributed by atoms with Crippen LogP contribution in [-0.2, 0) is 15.0 Å². The molecule has 1 aromatic heterocycles. The Morgan fingerprint density at radius 2 is 1.86 bits per heavy atom. The van der Waals surface area contributed by atoms with E-state index in [1.165, 1.54) is 24.3 Å². The van der Waals surface area contributed by atoms with Crippen LogP contribution in [0.3, 0.4) is 0 Å². The van der Waals surface area contributed by atoms with E-state index in [0.29, 0.717) is 22.5 Å². The van der Waals surface area contributed by atoms with Gasteiger partial charge < -0.3 is 10.2 Å². The van der Waals surface area contributed by atoms with Crippen molar-refractivity contribution in [1.82, 2.24) is 4.98 Å². The van der Waals surface area contributed by atoms with Crippen molar-refractivity contribution in [3.05, 3.63) is 53.1 Å². The third-order valence-electron chi connectivity index (χ3n) is 4.87. The van der Waals surface area contributed by atoms with Gasteiger partial charge in [-0.15, -0.1) is 6.42 Å². The van der Waals surface area contributed by atoms with Gasteiger partial charge in [0.1, 0.15) is 5.82 Å². The number of nitrogens with zero attached hydrogens (tertiary/aromatic N) is 1. The van der Waals surface area contributed by atoms with Gasteiger partial charge in [-0.25, -0.2) is 9.18 Å². The molecule has 3 N–H and O–H groups in total. The fourth-order valence-electron chi connectivity index (χ4n) is 3.40. The molecule has 0 saturated heterocycles. The Hall–Kier alpha value is -2.65. The zero-order valence-corrected chi connectivity index (χ0v) is 17.4. The van der Waals surface area contributed by atoms with Gasteiger partial charge in [-0.3, -0.25) is 4.98 Å². The average molecular weight is 418 g/mol. The fraction of sp³-hybridized carbons (Fsp3) is 0.333. The first-order valence-electron chi connectivity index (χ1n) is 8.77. The molecule has 1 heterocycles. The van der Waals surface area contributed by atoms with Crippen LogP contribution in [0, 0.1) is 25.1 Å². The van der Waals surface area contributed by atoms with E-state index in [0.717, 1.165) is 6.92 Å². The quantitative estimate of drug-likeness (QED) is 0.488. The Bertz CT molecular complexity index is 995. The molecule has 0 aliphatic carbocycles. The lowest BCUT2D eigenvalue weighted by Crippen LogP contribution is -2.53. The summed E-state index contributed by atoms with van der Waals surface area (Å²) < 4.78 is 25.6. The number of aryl methyl sites for hydroxylation is 1. The van der Waals surface area contributed by atoms with Gasteiger partial charge in [0, 0.05) is 11.3 Å². The van der Waals surface area contributed by atoms with Crippen LogP contribution < -0.4 is 0 Å². The van der Waals surface area contributed by atoms with Crippen LogP contribution >= 0.6 is 8.03 Å². The highest BCUT2D eigenvalue weighted by atomic mass is 31.1. The number of pyridine rings is 1. The molecule has 0 aliphatic heterocycles. The van der Waals surface area contributed by atoms with Crippen molar-refractivity contribution in [2.24, 2.45) is 0 Å². The maximum atomic E-state index is 13.4. The van der Waals surface area contributed by atoms with E-state index >= 15 is 0 Å². The summed E-state index contributed by atoms with van der Waals surface area (Å²) in [6, 6.07) is 6.96. The molecule has 0 amide bonds. The number of aromatic nitrogens is 1. The molecule has 8 heteroatoms. The minimum Gasteiger partial charge on any atom is -0.477 e. The van der Waals surface area contributed by atoms with Crippen molar-refractivity contribution >= 4 is 14.0 Å². The first-order chi connectivity index (χ1) is 13.4. The molecule has 3 unspecified atom stereocenters. The van der Waals surface area contributed by atoms with E-state index in [1.807, 2.05) is 5.92 Å². The number of benzene rings is 1. The molecule has 0 fully saturated rings. The van der Waals surface area contributed by atoms with Gasteiger partial charge in [-0.2, -0.15) is 4.89 Å². The summed E-state index contributed by atoms with van der Waals surface area (Å²) in [7, 11) is -3.55. The van der Waals surface area contributed by atoms with E-state index in [1.54, 1.807) is 26.8 Å². The third kappa shape index (κ3) is 3.67. The lowest BCUT2D eigenvalue weighted by Gasteiger charge is -2.33. The van der Waals surface area contributed by atoms with Crippen LogP contribution in [0.5, 0.6) is 0 Å². The summed E-state index contributed by atoms with van der Waals surface area (Å²) in [5, 5.41) is 18.4. The maximum Gasteiger partial charge on any atom is 0.541 e. The second-order valence-electron chi connectivity index (χ2n) is 7.24. The highest BCUT2D eigenvalue weighted by molar-refractivity contribution is 7.42.